The second kappa shape index (κ2) is 8.52. The summed E-state index contributed by atoms with van der Waals surface area (Å²) in [5, 5.41) is 4.44. The van der Waals surface area contributed by atoms with E-state index in [1.54, 1.807) is 0 Å². The number of benzene rings is 1. The van der Waals surface area contributed by atoms with Crippen molar-refractivity contribution < 1.29 is 9.26 Å². The number of nitrogens with zero attached hydrogens (tertiary/aromatic N) is 2. The number of aromatic nitrogens is 1. The number of likely N-dealkylation sites (tertiary alicyclic amines) is 1. The van der Waals surface area contributed by atoms with E-state index in [1.165, 1.54) is 11.1 Å². The zero-order valence-corrected chi connectivity index (χ0v) is 18.4. The number of allylic oxidation sites excluding steroid dienone is 2. The first-order valence-corrected chi connectivity index (χ1v) is 10.5. The fraction of sp³-hybridized carbons (Fsp3) is 0.542. The molecule has 0 saturated carbocycles. The number of hydrogen-bond acceptors (Lipinski definition) is 4. The molecule has 0 aliphatic carbocycles. The lowest BCUT2D eigenvalue weighted by Gasteiger charge is -2.43. The van der Waals surface area contributed by atoms with E-state index in [9.17, 15) is 0 Å². The van der Waals surface area contributed by atoms with Crippen molar-refractivity contribution in [2.75, 3.05) is 13.6 Å². The van der Waals surface area contributed by atoms with Gasteiger partial charge in [-0.2, -0.15) is 0 Å². The van der Waals surface area contributed by atoms with E-state index < -0.39 is 0 Å². The first kappa shape index (κ1) is 20.7. The van der Waals surface area contributed by atoms with Crippen molar-refractivity contribution in [3.8, 4) is 16.9 Å². The van der Waals surface area contributed by atoms with E-state index in [1.807, 2.05) is 0 Å². The normalized spacial score (nSPS) is 21.8. The summed E-state index contributed by atoms with van der Waals surface area (Å²) in [7, 11) is 2.13. The average Bonchev–Trinajstić information content (AvgIpc) is 3.16. The van der Waals surface area contributed by atoms with Crippen LogP contribution in [0.15, 0.2) is 34.4 Å². The van der Waals surface area contributed by atoms with Gasteiger partial charge >= 0.3 is 0 Å². The van der Waals surface area contributed by atoms with Crippen LogP contribution in [0.3, 0.4) is 0 Å². The molecule has 0 amide bonds. The molecule has 2 aromatic rings. The van der Waals surface area contributed by atoms with Crippen molar-refractivity contribution >= 4 is 5.57 Å². The zero-order valence-electron chi connectivity index (χ0n) is 18.4. The smallest absolute Gasteiger partial charge is 0.144 e. The summed E-state index contributed by atoms with van der Waals surface area (Å²) < 4.78 is 11.8. The highest BCUT2D eigenvalue weighted by Crippen LogP contribution is 2.36. The molecule has 4 heteroatoms. The lowest BCUT2D eigenvalue weighted by molar-refractivity contribution is -0.0179. The van der Waals surface area contributed by atoms with Crippen LogP contribution in [0.25, 0.3) is 16.7 Å². The zero-order chi connectivity index (χ0) is 20.4. The molecular formula is C24H34N2O2. The predicted octanol–water partition coefficient (Wildman–Crippen LogP) is 5.82. The van der Waals surface area contributed by atoms with E-state index in [0.29, 0.717) is 12.0 Å². The van der Waals surface area contributed by atoms with E-state index >= 15 is 0 Å². The van der Waals surface area contributed by atoms with Crippen molar-refractivity contribution in [2.45, 2.75) is 66.5 Å². The first-order valence-electron chi connectivity index (χ1n) is 10.5. The molecule has 28 heavy (non-hydrogen) atoms. The minimum atomic E-state index is 0.275. The standard InChI is InChI=1S/C24H34N2O2/c1-8-15(3)16(4)17(5)24-23(21(9-2)28-25-24)19-10-12-20(13-11-19)27-22-14-26(7)18(22)6/h10-13,15,18,22H,8-9,14H2,1-7H3. The highest BCUT2D eigenvalue weighted by molar-refractivity contribution is 5.81. The van der Waals surface area contributed by atoms with Gasteiger partial charge in [0, 0.05) is 19.0 Å². The van der Waals surface area contributed by atoms with Crippen molar-refractivity contribution in [2.24, 2.45) is 5.92 Å². The van der Waals surface area contributed by atoms with Crippen LogP contribution in [-0.4, -0.2) is 35.8 Å². The number of aryl methyl sites for hydroxylation is 1. The molecule has 1 aliphatic rings. The topological polar surface area (TPSA) is 38.5 Å². The molecule has 0 spiro atoms. The Kier molecular flexibility index (Phi) is 6.29. The highest BCUT2D eigenvalue weighted by atomic mass is 16.5. The Morgan fingerprint density at radius 3 is 2.46 bits per heavy atom. The number of rotatable bonds is 7. The van der Waals surface area contributed by atoms with Gasteiger partial charge in [-0.05, 0) is 63.4 Å². The van der Waals surface area contributed by atoms with Crippen molar-refractivity contribution in [1.29, 1.82) is 0 Å². The van der Waals surface area contributed by atoms with Gasteiger partial charge in [0.15, 0.2) is 0 Å². The van der Waals surface area contributed by atoms with E-state index in [-0.39, 0.29) is 6.10 Å². The monoisotopic (exact) mass is 382 g/mol. The minimum absolute atomic E-state index is 0.275. The third kappa shape index (κ3) is 3.88. The maximum atomic E-state index is 6.13. The van der Waals surface area contributed by atoms with Gasteiger partial charge < -0.3 is 9.26 Å². The van der Waals surface area contributed by atoms with Gasteiger partial charge in [-0.25, -0.2) is 0 Å². The Hall–Kier alpha value is -2.07. The SMILES string of the molecule is CCc1onc(C(C)=C(C)C(C)CC)c1-c1ccc(OC2CN(C)C2C)cc1. The van der Waals surface area contributed by atoms with Gasteiger partial charge in [0.1, 0.15) is 23.3 Å². The van der Waals surface area contributed by atoms with Gasteiger partial charge in [0.05, 0.1) is 5.56 Å². The van der Waals surface area contributed by atoms with Crippen molar-refractivity contribution in [1.82, 2.24) is 10.1 Å². The summed E-state index contributed by atoms with van der Waals surface area (Å²) in [6, 6.07) is 8.86. The quantitative estimate of drug-likeness (QED) is 0.604. The molecule has 1 aromatic heterocycles. The summed E-state index contributed by atoms with van der Waals surface area (Å²) in [5.41, 5.74) is 5.82. The van der Waals surface area contributed by atoms with Crippen LogP contribution in [-0.2, 0) is 6.42 Å². The molecule has 152 valence electrons. The van der Waals surface area contributed by atoms with Gasteiger partial charge in [0.2, 0.25) is 0 Å². The van der Waals surface area contributed by atoms with Crippen molar-refractivity contribution in [3.63, 3.8) is 0 Å². The highest BCUT2D eigenvalue weighted by Gasteiger charge is 2.34. The molecule has 2 heterocycles. The van der Waals surface area contributed by atoms with E-state index in [4.69, 9.17) is 9.26 Å². The van der Waals surface area contributed by atoms with E-state index in [0.717, 1.165) is 47.7 Å². The van der Waals surface area contributed by atoms with Gasteiger partial charge in [-0.15, -0.1) is 0 Å². The summed E-state index contributed by atoms with van der Waals surface area (Å²) in [6.07, 6.45) is 2.22. The van der Waals surface area contributed by atoms with Crippen molar-refractivity contribution in [3.05, 3.63) is 41.3 Å². The Morgan fingerprint density at radius 2 is 1.93 bits per heavy atom. The van der Waals surface area contributed by atoms with Gasteiger partial charge in [-0.1, -0.05) is 43.6 Å². The Labute approximate surface area is 169 Å². The van der Waals surface area contributed by atoms with Crippen LogP contribution in [0.2, 0.25) is 0 Å². The summed E-state index contributed by atoms with van der Waals surface area (Å²) in [4.78, 5) is 2.30. The molecule has 1 aromatic carbocycles. The number of ether oxygens (including phenoxy) is 1. The summed E-state index contributed by atoms with van der Waals surface area (Å²) >= 11 is 0. The maximum Gasteiger partial charge on any atom is 0.144 e. The first-order chi connectivity index (χ1) is 13.4. The van der Waals surface area contributed by atoms with Crippen LogP contribution in [0.1, 0.15) is 59.4 Å². The van der Waals surface area contributed by atoms with Crippen LogP contribution < -0.4 is 4.74 Å². The molecule has 3 unspecified atom stereocenters. The molecule has 3 rings (SSSR count). The van der Waals surface area contributed by atoms with Gasteiger partial charge in [0.25, 0.3) is 0 Å². The second-order valence-electron chi connectivity index (χ2n) is 8.16. The molecular weight excluding hydrogens is 348 g/mol. The van der Waals surface area contributed by atoms with Crippen LogP contribution in [0, 0.1) is 5.92 Å². The molecule has 0 N–H and O–H groups in total. The molecule has 1 aliphatic heterocycles. The van der Waals surface area contributed by atoms with Crippen LogP contribution >= 0.6 is 0 Å². The average molecular weight is 383 g/mol. The summed E-state index contributed by atoms with van der Waals surface area (Å²) in [6.45, 7) is 14.2. The van der Waals surface area contributed by atoms with Crippen LogP contribution in [0.4, 0.5) is 0 Å². The summed E-state index contributed by atoms with van der Waals surface area (Å²) in [5.74, 6) is 2.40. The minimum Gasteiger partial charge on any atom is -0.487 e. The van der Waals surface area contributed by atoms with E-state index in [2.05, 4.69) is 82.9 Å². The molecule has 3 atom stereocenters. The lowest BCUT2D eigenvalue weighted by atomic mass is 9.91. The molecule has 0 bridgehead atoms. The number of hydrogen-bond donors (Lipinski definition) is 0. The van der Waals surface area contributed by atoms with Crippen LogP contribution in [0.5, 0.6) is 5.75 Å². The fourth-order valence-electron chi connectivity index (χ4n) is 3.74. The maximum absolute atomic E-state index is 6.13. The molecule has 1 fully saturated rings. The molecule has 0 radical (unpaired) electrons. The third-order valence-electron chi connectivity index (χ3n) is 6.51. The fourth-order valence-corrected chi connectivity index (χ4v) is 3.74. The largest absolute Gasteiger partial charge is 0.487 e. The molecule has 1 saturated heterocycles. The lowest BCUT2D eigenvalue weighted by Crippen LogP contribution is -2.58. The Bertz CT molecular complexity index is 835. The van der Waals surface area contributed by atoms with Gasteiger partial charge in [-0.3, -0.25) is 4.90 Å². The number of likely N-dealkylation sites (N-methyl/N-ethyl adjacent to an activating group) is 1. The molecule has 4 nitrogen and oxygen atoms in total. The Morgan fingerprint density at radius 1 is 1.25 bits per heavy atom. The third-order valence-corrected chi connectivity index (χ3v) is 6.51. The predicted molar refractivity (Wildman–Crippen MR) is 116 cm³/mol. The second-order valence-corrected chi connectivity index (χ2v) is 8.16. The Balaban J connectivity index is 1.90.